The minimum Gasteiger partial charge on any atom is -0.337 e. The van der Waals surface area contributed by atoms with E-state index in [9.17, 15) is 13.2 Å². The van der Waals surface area contributed by atoms with Crippen molar-refractivity contribution in [3.8, 4) is 11.3 Å². The van der Waals surface area contributed by atoms with Crippen LogP contribution in [0.1, 0.15) is 10.4 Å². The molecule has 3 rings (SSSR count). The number of carbonyl (C=O) groups is 1. The van der Waals surface area contributed by atoms with Crippen molar-refractivity contribution in [1.82, 2.24) is 9.88 Å². The summed E-state index contributed by atoms with van der Waals surface area (Å²) >= 11 is 1.52. The molecular formula is C14H14N2O3S2. The Morgan fingerprint density at radius 2 is 1.81 bits per heavy atom. The molecule has 0 aliphatic carbocycles. The van der Waals surface area contributed by atoms with Crippen LogP contribution in [0.3, 0.4) is 0 Å². The molecule has 1 aliphatic heterocycles. The maximum Gasteiger partial charge on any atom is 0.253 e. The lowest BCUT2D eigenvalue weighted by atomic mass is 10.1. The van der Waals surface area contributed by atoms with Crippen molar-refractivity contribution in [3.05, 3.63) is 40.7 Å². The highest BCUT2D eigenvalue weighted by atomic mass is 32.2. The van der Waals surface area contributed by atoms with Gasteiger partial charge in [0.2, 0.25) is 0 Å². The topological polar surface area (TPSA) is 67.3 Å². The predicted octanol–water partition coefficient (Wildman–Crippen LogP) is 1.68. The first-order valence-electron chi connectivity index (χ1n) is 6.53. The summed E-state index contributed by atoms with van der Waals surface area (Å²) in [7, 11) is -2.97. The van der Waals surface area contributed by atoms with Crippen molar-refractivity contribution in [2.45, 2.75) is 0 Å². The van der Waals surface area contributed by atoms with Crippen molar-refractivity contribution in [2.24, 2.45) is 0 Å². The number of hydrogen-bond donors (Lipinski definition) is 0. The van der Waals surface area contributed by atoms with Gasteiger partial charge in [0.05, 0.1) is 22.7 Å². The summed E-state index contributed by atoms with van der Waals surface area (Å²) in [6.45, 7) is 0.546. The molecule has 21 heavy (non-hydrogen) atoms. The predicted molar refractivity (Wildman–Crippen MR) is 82.1 cm³/mol. The van der Waals surface area contributed by atoms with E-state index in [0.717, 1.165) is 11.3 Å². The summed E-state index contributed by atoms with van der Waals surface area (Å²) in [6.07, 6.45) is 0. The van der Waals surface area contributed by atoms with Gasteiger partial charge in [0.15, 0.2) is 9.84 Å². The Hall–Kier alpha value is -1.73. The van der Waals surface area contributed by atoms with Gasteiger partial charge in [-0.15, -0.1) is 11.3 Å². The summed E-state index contributed by atoms with van der Waals surface area (Å²) in [5, 5.41) is 1.95. The maximum atomic E-state index is 12.3. The molecule has 2 heterocycles. The smallest absolute Gasteiger partial charge is 0.253 e. The lowest BCUT2D eigenvalue weighted by molar-refractivity contribution is 0.0770. The molecule has 110 valence electrons. The van der Waals surface area contributed by atoms with Gasteiger partial charge < -0.3 is 4.90 Å². The van der Waals surface area contributed by atoms with Crippen LogP contribution < -0.4 is 0 Å². The molecule has 0 radical (unpaired) electrons. The van der Waals surface area contributed by atoms with Crippen molar-refractivity contribution in [2.75, 3.05) is 24.6 Å². The molecule has 5 nitrogen and oxygen atoms in total. The van der Waals surface area contributed by atoms with E-state index in [-0.39, 0.29) is 30.5 Å². The van der Waals surface area contributed by atoms with Gasteiger partial charge >= 0.3 is 0 Å². The fraction of sp³-hybridized carbons (Fsp3) is 0.286. The van der Waals surface area contributed by atoms with Gasteiger partial charge in [-0.2, -0.15) is 0 Å². The Bertz CT molecular complexity index is 723. The molecule has 1 fully saturated rings. The van der Waals surface area contributed by atoms with Gasteiger partial charge in [-0.25, -0.2) is 13.4 Å². The third kappa shape index (κ3) is 3.14. The summed E-state index contributed by atoms with van der Waals surface area (Å²) in [5.41, 5.74) is 4.20. The first-order valence-corrected chi connectivity index (χ1v) is 9.30. The highest BCUT2D eigenvalue weighted by molar-refractivity contribution is 7.91. The van der Waals surface area contributed by atoms with Crippen molar-refractivity contribution >= 4 is 27.1 Å². The number of carbonyl (C=O) groups excluding carboxylic acids is 1. The van der Waals surface area contributed by atoms with E-state index >= 15 is 0 Å². The Balaban J connectivity index is 1.74. The van der Waals surface area contributed by atoms with E-state index < -0.39 is 9.84 Å². The Morgan fingerprint density at radius 1 is 1.14 bits per heavy atom. The first kappa shape index (κ1) is 14.2. The van der Waals surface area contributed by atoms with Gasteiger partial charge in [-0.3, -0.25) is 4.79 Å². The summed E-state index contributed by atoms with van der Waals surface area (Å²) < 4.78 is 22.8. The molecule has 0 unspecified atom stereocenters. The van der Waals surface area contributed by atoms with Crippen LogP contribution in [0, 0.1) is 0 Å². The minimum atomic E-state index is -2.97. The number of sulfone groups is 1. The van der Waals surface area contributed by atoms with E-state index in [1.54, 1.807) is 22.5 Å². The molecule has 0 spiro atoms. The first-order chi connectivity index (χ1) is 10.1. The average molecular weight is 322 g/mol. The average Bonchev–Trinajstić information content (AvgIpc) is 3.01. The number of rotatable bonds is 2. The molecule has 0 saturated carbocycles. The number of nitrogens with zero attached hydrogens (tertiary/aromatic N) is 2. The molecule has 1 aromatic heterocycles. The Morgan fingerprint density at radius 3 is 2.38 bits per heavy atom. The zero-order valence-corrected chi connectivity index (χ0v) is 12.9. The van der Waals surface area contributed by atoms with Crippen LogP contribution in [-0.2, 0) is 9.84 Å². The van der Waals surface area contributed by atoms with Crippen LogP contribution in [0.4, 0.5) is 0 Å². The zero-order chi connectivity index (χ0) is 14.9. The lowest BCUT2D eigenvalue weighted by Crippen LogP contribution is -2.43. The molecular weight excluding hydrogens is 308 g/mol. The number of benzene rings is 1. The normalized spacial score (nSPS) is 17.6. The van der Waals surface area contributed by atoms with Crippen LogP contribution in [-0.4, -0.2) is 48.8 Å². The summed E-state index contributed by atoms with van der Waals surface area (Å²) in [4.78, 5) is 18.1. The number of thiazole rings is 1. The van der Waals surface area contributed by atoms with Crippen molar-refractivity contribution < 1.29 is 13.2 Å². The molecule has 7 heteroatoms. The van der Waals surface area contributed by atoms with E-state index in [1.807, 2.05) is 17.5 Å². The van der Waals surface area contributed by atoms with E-state index in [1.165, 1.54) is 11.3 Å². The van der Waals surface area contributed by atoms with Crippen LogP contribution in [0.5, 0.6) is 0 Å². The Labute approximate surface area is 127 Å². The van der Waals surface area contributed by atoms with Gasteiger partial charge in [0, 0.05) is 29.6 Å². The highest BCUT2D eigenvalue weighted by Gasteiger charge is 2.25. The Kier molecular flexibility index (Phi) is 3.77. The van der Waals surface area contributed by atoms with Gasteiger partial charge in [-0.05, 0) is 12.1 Å². The largest absolute Gasteiger partial charge is 0.337 e. The van der Waals surface area contributed by atoms with Crippen molar-refractivity contribution in [3.63, 3.8) is 0 Å². The van der Waals surface area contributed by atoms with Crippen LogP contribution in [0.25, 0.3) is 11.3 Å². The van der Waals surface area contributed by atoms with Crippen LogP contribution in [0.2, 0.25) is 0 Å². The quantitative estimate of drug-likeness (QED) is 0.844. The standard InChI is InChI=1S/C14H14N2O3S2/c17-14(16-5-7-21(18,19)8-6-16)12-3-1-11(2-4-12)13-9-20-10-15-13/h1-4,9-10H,5-8H2. The molecule has 1 saturated heterocycles. The van der Waals surface area contributed by atoms with Crippen molar-refractivity contribution in [1.29, 1.82) is 0 Å². The van der Waals surface area contributed by atoms with E-state index in [2.05, 4.69) is 4.98 Å². The third-order valence-corrected chi connectivity index (χ3v) is 5.69. The second-order valence-electron chi connectivity index (χ2n) is 4.90. The maximum absolute atomic E-state index is 12.3. The van der Waals surface area contributed by atoms with Crippen LogP contribution in [0.15, 0.2) is 35.2 Å². The lowest BCUT2D eigenvalue weighted by Gasteiger charge is -2.26. The monoisotopic (exact) mass is 322 g/mol. The fourth-order valence-corrected chi connectivity index (χ4v) is 4.00. The van der Waals surface area contributed by atoms with E-state index in [0.29, 0.717) is 5.56 Å². The third-order valence-electron chi connectivity index (χ3n) is 3.49. The van der Waals surface area contributed by atoms with Gasteiger partial charge in [0.25, 0.3) is 5.91 Å². The summed E-state index contributed by atoms with van der Waals surface area (Å²) in [6, 6.07) is 7.26. The summed E-state index contributed by atoms with van der Waals surface area (Å²) in [5.74, 6) is -0.0135. The second kappa shape index (κ2) is 5.57. The van der Waals surface area contributed by atoms with Gasteiger partial charge in [-0.1, -0.05) is 12.1 Å². The molecule has 0 N–H and O–H groups in total. The van der Waals surface area contributed by atoms with E-state index in [4.69, 9.17) is 0 Å². The van der Waals surface area contributed by atoms with Gasteiger partial charge in [0.1, 0.15) is 0 Å². The highest BCUT2D eigenvalue weighted by Crippen LogP contribution is 2.20. The molecule has 0 bridgehead atoms. The molecule has 1 aliphatic rings. The minimum absolute atomic E-state index is 0.0512. The molecule has 1 aromatic carbocycles. The number of amides is 1. The molecule has 0 atom stereocenters. The second-order valence-corrected chi connectivity index (χ2v) is 7.92. The number of aromatic nitrogens is 1. The van der Waals surface area contributed by atoms with Crippen LogP contribution >= 0.6 is 11.3 Å². The molecule has 1 amide bonds. The SMILES string of the molecule is O=C(c1ccc(-c2cscn2)cc1)N1CCS(=O)(=O)CC1. The number of hydrogen-bond acceptors (Lipinski definition) is 5. The molecule has 2 aromatic rings. The zero-order valence-electron chi connectivity index (χ0n) is 11.2. The fourth-order valence-electron chi connectivity index (χ4n) is 2.24.